The first-order chi connectivity index (χ1) is 17.8. The molecule has 0 bridgehead atoms. The molecule has 0 fully saturated rings. The second-order valence-corrected chi connectivity index (χ2v) is 11.4. The molecule has 1 aliphatic heterocycles. The van der Waals surface area contributed by atoms with Crippen LogP contribution in [0.3, 0.4) is 0 Å². The molecule has 0 unspecified atom stereocenters. The van der Waals surface area contributed by atoms with E-state index in [0.29, 0.717) is 18.0 Å². The van der Waals surface area contributed by atoms with Crippen molar-refractivity contribution in [3.8, 4) is 11.5 Å². The van der Waals surface area contributed by atoms with Gasteiger partial charge >= 0.3 is 0 Å². The largest absolute Gasteiger partial charge is 0.497 e. The lowest BCUT2D eigenvalue weighted by Gasteiger charge is -2.27. The van der Waals surface area contributed by atoms with Gasteiger partial charge in [-0.05, 0) is 60.9 Å². The number of rotatable bonds is 7. The highest BCUT2D eigenvalue weighted by Crippen LogP contribution is 2.37. The summed E-state index contributed by atoms with van der Waals surface area (Å²) in [5, 5.41) is 1.53. The highest BCUT2D eigenvalue weighted by molar-refractivity contribution is 7.89. The van der Waals surface area contributed by atoms with Crippen molar-refractivity contribution >= 4 is 38.1 Å². The zero-order valence-corrected chi connectivity index (χ0v) is 22.6. The van der Waals surface area contributed by atoms with Gasteiger partial charge in [0.1, 0.15) is 16.4 Å². The van der Waals surface area contributed by atoms with Crippen LogP contribution in [-0.2, 0) is 16.6 Å². The van der Waals surface area contributed by atoms with Gasteiger partial charge in [-0.1, -0.05) is 48.0 Å². The highest BCUT2D eigenvalue weighted by atomic mass is 35.5. The number of benzene rings is 3. The van der Waals surface area contributed by atoms with Crippen LogP contribution < -0.4 is 9.47 Å². The predicted molar refractivity (Wildman–Crippen MR) is 148 cm³/mol. The Morgan fingerprint density at radius 1 is 0.973 bits per heavy atom. The molecule has 0 saturated carbocycles. The minimum absolute atomic E-state index is 0.0895. The molecule has 2 heterocycles. The molecule has 0 aliphatic carbocycles. The summed E-state index contributed by atoms with van der Waals surface area (Å²) in [6.45, 7) is 3.53. The fraction of sp³-hybridized carbons (Fsp3) is 0.241. The van der Waals surface area contributed by atoms with Gasteiger partial charge in [0.25, 0.3) is 0 Å². The fourth-order valence-corrected chi connectivity index (χ4v) is 6.84. The van der Waals surface area contributed by atoms with E-state index in [-0.39, 0.29) is 17.2 Å². The molecule has 0 saturated heterocycles. The topological polar surface area (TPSA) is 60.8 Å². The van der Waals surface area contributed by atoms with E-state index in [1.54, 1.807) is 19.2 Å². The molecule has 0 amide bonds. The second-order valence-electron chi connectivity index (χ2n) is 9.05. The van der Waals surface area contributed by atoms with Crippen LogP contribution in [-0.4, -0.2) is 44.6 Å². The monoisotopic (exact) mass is 536 g/mol. The molecule has 0 radical (unpaired) electrons. The van der Waals surface area contributed by atoms with Crippen molar-refractivity contribution < 1.29 is 17.9 Å². The van der Waals surface area contributed by atoms with Crippen LogP contribution in [0, 0.1) is 6.92 Å². The van der Waals surface area contributed by atoms with E-state index in [1.165, 1.54) is 34.0 Å². The van der Waals surface area contributed by atoms with Crippen LogP contribution in [0.25, 0.3) is 16.5 Å². The average molecular weight is 537 g/mol. The number of para-hydroxylation sites is 1. The fourth-order valence-electron chi connectivity index (χ4n) is 5.04. The molecular formula is C29H29ClN2O4S. The molecule has 3 aromatic carbocycles. The van der Waals surface area contributed by atoms with Crippen molar-refractivity contribution in [2.75, 3.05) is 27.3 Å². The quantitative estimate of drug-likeness (QED) is 0.284. The van der Waals surface area contributed by atoms with Crippen molar-refractivity contribution in [2.45, 2.75) is 24.8 Å². The number of nitrogens with zero attached hydrogens (tertiary/aromatic N) is 2. The summed E-state index contributed by atoms with van der Waals surface area (Å²) >= 11 is 6.11. The maximum absolute atomic E-state index is 13.4. The number of hydrogen-bond acceptors (Lipinski definition) is 4. The lowest BCUT2D eigenvalue weighted by atomic mass is 9.97. The summed E-state index contributed by atoms with van der Waals surface area (Å²) in [5.74, 6) is 1.12. The molecule has 1 aliphatic rings. The van der Waals surface area contributed by atoms with Gasteiger partial charge in [-0.3, -0.25) is 0 Å². The Hall–Kier alpha value is -3.26. The summed E-state index contributed by atoms with van der Waals surface area (Å²) in [4.78, 5) is 0.0895. The molecular weight excluding hydrogens is 508 g/mol. The number of hydrogen-bond donors (Lipinski definition) is 0. The Balaban J connectivity index is 1.48. The number of aromatic nitrogens is 1. The lowest BCUT2D eigenvalue weighted by molar-refractivity contribution is 0.395. The van der Waals surface area contributed by atoms with Gasteiger partial charge in [0.2, 0.25) is 10.0 Å². The van der Waals surface area contributed by atoms with Gasteiger partial charge in [-0.25, -0.2) is 8.42 Å². The van der Waals surface area contributed by atoms with Gasteiger partial charge in [0.15, 0.2) is 0 Å². The van der Waals surface area contributed by atoms with Crippen LogP contribution in [0.1, 0.15) is 23.2 Å². The Labute approximate surface area is 222 Å². The van der Waals surface area contributed by atoms with Crippen LogP contribution in [0.2, 0.25) is 5.02 Å². The Kier molecular flexibility index (Phi) is 7.03. The third-order valence-electron chi connectivity index (χ3n) is 6.97. The zero-order valence-electron chi connectivity index (χ0n) is 21.1. The van der Waals surface area contributed by atoms with Crippen LogP contribution >= 0.6 is 11.6 Å². The first kappa shape index (κ1) is 25.4. The molecule has 37 heavy (non-hydrogen) atoms. The van der Waals surface area contributed by atoms with E-state index in [1.807, 2.05) is 18.2 Å². The third-order valence-corrected chi connectivity index (χ3v) is 9.09. The first-order valence-corrected chi connectivity index (χ1v) is 13.9. The third kappa shape index (κ3) is 4.75. The average Bonchev–Trinajstić information content (AvgIpc) is 3.20. The van der Waals surface area contributed by atoms with Gasteiger partial charge in [-0.15, -0.1) is 0 Å². The molecule has 4 aromatic rings. The van der Waals surface area contributed by atoms with E-state index >= 15 is 0 Å². The van der Waals surface area contributed by atoms with Gasteiger partial charge in [0, 0.05) is 46.8 Å². The molecule has 6 nitrogen and oxygen atoms in total. The van der Waals surface area contributed by atoms with Crippen molar-refractivity contribution in [1.29, 1.82) is 0 Å². The molecule has 1 aromatic heterocycles. The summed E-state index contributed by atoms with van der Waals surface area (Å²) in [5.41, 5.74) is 5.84. The minimum Gasteiger partial charge on any atom is -0.497 e. The van der Waals surface area contributed by atoms with E-state index in [0.717, 1.165) is 29.1 Å². The smallest absolute Gasteiger partial charge is 0.247 e. The van der Waals surface area contributed by atoms with Crippen molar-refractivity contribution in [2.24, 2.45) is 0 Å². The normalized spacial score (nSPS) is 14.5. The number of methoxy groups -OCH3 is 2. The van der Waals surface area contributed by atoms with Crippen molar-refractivity contribution in [3.63, 3.8) is 0 Å². The van der Waals surface area contributed by atoms with Crippen LogP contribution in [0.15, 0.2) is 77.7 Å². The lowest BCUT2D eigenvalue weighted by Crippen LogP contribution is -2.35. The maximum Gasteiger partial charge on any atom is 0.247 e. The summed E-state index contributed by atoms with van der Waals surface area (Å²) in [6, 6.07) is 21.2. The molecule has 0 spiro atoms. The summed E-state index contributed by atoms with van der Waals surface area (Å²) in [7, 11) is -0.636. The molecule has 192 valence electrons. The SMILES string of the molecule is COc1ccc(Cn2c(C)c(C3=CCN(S(=O)(=O)c4cc(Cl)ccc4OC)CC3)c3ccccc32)cc1. The molecule has 5 rings (SSSR count). The molecule has 0 N–H and O–H groups in total. The van der Waals surface area contributed by atoms with E-state index in [9.17, 15) is 8.42 Å². The van der Waals surface area contributed by atoms with E-state index in [2.05, 4.69) is 47.9 Å². The Morgan fingerprint density at radius 2 is 1.73 bits per heavy atom. The Morgan fingerprint density at radius 3 is 2.41 bits per heavy atom. The predicted octanol–water partition coefficient (Wildman–Crippen LogP) is 6.15. The maximum atomic E-state index is 13.4. The van der Waals surface area contributed by atoms with Gasteiger partial charge in [0.05, 0.1) is 14.2 Å². The number of halogens is 1. The standard InChI is InChI=1S/C29H29ClN2O4S/c1-20-29(25-6-4-5-7-26(25)32(20)19-21-8-11-24(35-2)12-9-21)22-14-16-31(17-15-22)37(33,34)28-18-23(30)10-13-27(28)36-3/h4-14,18H,15-17,19H2,1-3H3. The second kappa shape index (κ2) is 10.2. The highest BCUT2D eigenvalue weighted by Gasteiger charge is 2.30. The van der Waals surface area contributed by atoms with Gasteiger partial charge in [-0.2, -0.15) is 4.31 Å². The number of fused-ring (bicyclic) bond motifs is 1. The van der Waals surface area contributed by atoms with Crippen LogP contribution in [0.4, 0.5) is 0 Å². The van der Waals surface area contributed by atoms with Crippen molar-refractivity contribution in [1.82, 2.24) is 8.87 Å². The zero-order chi connectivity index (χ0) is 26.2. The van der Waals surface area contributed by atoms with E-state index < -0.39 is 10.0 Å². The minimum atomic E-state index is -3.76. The molecule has 8 heteroatoms. The summed E-state index contributed by atoms with van der Waals surface area (Å²) < 4.78 is 41.3. The molecule has 0 atom stereocenters. The Bertz CT molecular complexity index is 1590. The van der Waals surface area contributed by atoms with Crippen molar-refractivity contribution in [3.05, 3.63) is 94.6 Å². The van der Waals surface area contributed by atoms with Gasteiger partial charge < -0.3 is 14.0 Å². The van der Waals surface area contributed by atoms with E-state index in [4.69, 9.17) is 21.1 Å². The number of ether oxygens (including phenoxy) is 2. The van der Waals surface area contributed by atoms with Crippen LogP contribution in [0.5, 0.6) is 11.5 Å². The summed E-state index contributed by atoms with van der Waals surface area (Å²) in [6.07, 6.45) is 2.64. The number of sulfonamides is 1. The first-order valence-electron chi connectivity index (χ1n) is 12.1.